The van der Waals surface area contributed by atoms with Gasteiger partial charge in [-0.3, -0.25) is 4.79 Å². The molecule has 0 aliphatic heterocycles. The Balaban J connectivity index is 1.11. The molecule has 3 fully saturated rings. The van der Waals surface area contributed by atoms with Crippen LogP contribution in [0.1, 0.15) is 164 Å². The summed E-state index contributed by atoms with van der Waals surface area (Å²) < 4.78 is 6.12. The average molecular weight is 711 g/mol. The quantitative estimate of drug-likeness (QED) is 0.0714. The van der Waals surface area contributed by atoms with E-state index in [4.69, 9.17) is 4.74 Å². The van der Waals surface area contributed by atoms with E-state index < -0.39 is 0 Å². The standard InChI is InChI=1S/C50H78O2/c1-8-9-10-11-12-13-14-15-16-17-18-19-20-21-22-23-24-25-26-27-48(51)52-43-34-36-49(6)42(38-43)30-31-44-46-33-32-45(50(46,7)37-35-47(44)49)41(5)29-28-40(4)39(2)3/h9-10,12-13,15-16,18-19,21-22,28-30,39-41,43-47H,8,11,14,17,20,23-27,31-38H2,1-7H3/b10-9-,13-12-,16-15-,19-18-,22-21-,29-28+. The number of rotatable bonds is 20. The first-order valence-electron chi connectivity index (χ1n) is 21.9. The Hall–Kier alpha value is -2.35. The van der Waals surface area contributed by atoms with Gasteiger partial charge in [0.1, 0.15) is 6.10 Å². The number of ether oxygens (including phenoxy) is 1. The third-order valence-corrected chi connectivity index (χ3v) is 14.2. The molecular weight excluding hydrogens is 633 g/mol. The van der Waals surface area contributed by atoms with E-state index in [-0.39, 0.29) is 12.1 Å². The summed E-state index contributed by atoms with van der Waals surface area (Å²) in [4.78, 5) is 12.8. The molecule has 4 aliphatic rings. The molecule has 0 spiro atoms. The molecule has 0 aromatic carbocycles. The molecule has 9 unspecified atom stereocenters. The van der Waals surface area contributed by atoms with Crippen LogP contribution in [0.15, 0.2) is 84.6 Å². The Morgan fingerprint density at radius 3 is 2.08 bits per heavy atom. The Morgan fingerprint density at radius 1 is 0.769 bits per heavy atom. The monoisotopic (exact) mass is 711 g/mol. The average Bonchev–Trinajstić information content (AvgIpc) is 3.48. The van der Waals surface area contributed by atoms with E-state index in [2.05, 4.69) is 127 Å². The minimum absolute atomic E-state index is 0.0224. The van der Waals surface area contributed by atoms with Crippen LogP contribution in [-0.4, -0.2) is 12.1 Å². The first-order valence-corrected chi connectivity index (χ1v) is 21.9. The Morgan fingerprint density at radius 2 is 1.42 bits per heavy atom. The summed E-state index contributed by atoms with van der Waals surface area (Å²) in [7, 11) is 0. The van der Waals surface area contributed by atoms with Gasteiger partial charge in [-0.1, -0.05) is 139 Å². The number of carbonyl (C=O) groups excluding carboxylic acids is 1. The van der Waals surface area contributed by atoms with Crippen molar-refractivity contribution in [1.29, 1.82) is 0 Å². The molecule has 4 aliphatic carbocycles. The van der Waals surface area contributed by atoms with Crippen LogP contribution in [0.25, 0.3) is 0 Å². The fraction of sp³-hybridized carbons (Fsp3) is 0.700. The molecule has 0 saturated heterocycles. The predicted molar refractivity (Wildman–Crippen MR) is 225 cm³/mol. The van der Waals surface area contributed by atoms with E-state index in [1.54, 1.807) is 5.57 Å². The van der Waals surface area contributed by atoms with Gasteiger partial charge in [0, 0.05) is 12.8 Å². The van der Waals surface area contributed by atoms with Crippen LogP contribution < -0.4 is 0 Å². The van der Waals surface area contributed by atoms with Crippen molar-refractivity contribution < 1.29 is 9.53 Å². The predicted octanol–water partition coefficient (Wildman–Crippen LogP) is 14.7. The summed E-state index contributed by atoms with van der Waals surface area (Å²) in [6.07, 6.45) is 50.3. The van der Waals surface area contributed by atoms with Crippen LogP contribution in [0.4, 0.5) is 0 Å². The molecule has 0 amide bonds. The number of fused-ring (bicyclic) bond motifs is 5. The van der Waals surface area contributed by atoms with E-state index in [1.165, 1.54) is 38.5 Å². The molecule has 0 aromatic rings. The third kappa shape index (κ3) is 11.8. The smallest absolute Gasteiger partial charge is 0.306 e. The molecular formula is C50H78O2. The summed E-state index contributed by atoms with van der Waals surface area (Å²) in [5, 5.41) is 0. The number of unbranched alkanes of at least 4 members (excludes halogenated alkanes) is 3. The maximum absolute atomic E-state index is 12.8. The number of carbonyl (C=O) groups is 1. The Kier molecular flexibility index (Phi) is 17.5. The minimum atomic E-state index is 0.0224. The van der Waals surface area contributed by atoms with Crippen molar-refractivity contribution in [3.63, 3.8) is 0 Å². The van der Waals surface area contributed by atoms with E-state index in [0.717, 1.165) is 94.3 Å². The van der Waals surface area contributed by atoms with Crippen molar-refractivity contribution in [2.45, 2.75) is 170 Å². The van der Waals surface area contributed by atoms with Crippen LogP contribution in [0.3, 0.4) is 0 Å². The first-order chi connectivity index (χ1) is 25.1. The third-order valence-electron chi connectivity index (χ3n) is 14.2. The SMILES string of the molecule is CC/C=C\C/C=C\C/C=C\C/C=C\C/C=C\CCCCCC(=O)OC1CCC2(C)C(=CCC3C2CCC2(C)C(C(C)/C=C/C(C)C(C)C)CCC32)C1. The molecule has 0 radical (unpaired) electrons. The molecule has 52 heavy (non-hydrogen) atoms. The lowest BCUT2D eigenvalue weighted by Gasteiger charge is -2.58. The van der Waals surface area contributed by atoms with Crippen molar-refractivity contribution in [1.82, 2.24) is 0 Å². The normalized spacial score (nSPS) is 32.0. The van der Waals surface area contributed by atoms with E-state index >= 15 is 0 Å². The zero-order valence-electron chi connectivity index (χ0n) is 34.7. The van der Waals surface area contributed by atoms with Crippen molar-refractivity contribution in [2.75, 3.05) is 0 Å². The molecule has 2 heteroatoms. The van der Waals surface area contributed by atoms with Gasteiger partial charge in [0.15, 0.2) is 0 Å². The molecule has 290 valence electrons. The highest BCUT2D eigenvalue weighted by molar-refractivity contribution is 5.69. The molecule has 0 aromatic heterocycles. The van der Waals surface area contributed by atoms with E-state index in [9.17, 15) is 4.79 Å². The van der Waals surface area contributed by atoms with Crippen LogP contribution >= 0.6 is 0 Å². The second-order valence-corrected chi connectivity index (χ2v) is 18.0. The second-order valence-electron chi connectivity index (χ2n) is 18.0. The maximum Gasteiger partial charge on any atom is 0.306 e. The lowest BCUT2D eigenvalue weighted by molar-refractivity contribution is -0.151. The number of esters is 1. The van der Waals surface area contributed by atoms with Gasteiger partial charge >= 0.3 is 5.97 Å². The molecule has 4 rings (SSSR count). The summed E-state index contributed by atoms with van der Waals surface area (Å²) in [5.74, 6) is 5.38. The number of hydrogen-bond donors (Lipinski definition) is 0. The molecule has 2 nitrogen and oxygen atoms in total. The zero-order chi connectivity index (χ0) is 37.4. The Bertz CT molecular complexity index is 1290. The van der Waals surface area contributed by atoms with Gasteiger partial charge in [0.25, 0.3) is 0 Å². The van der Waals surface area contributed by atoms with Gasteiger partial charge in [-0.2, -0.15) is 0 Å². The fourth-order valence-corrected chi connectivity index (χ4v) is 10.7. The van der Waals surface area contributed by atoms with Crippen molar-refractivity contribution in [3.05, 3.63) is 84.6 Å². The Labute approximate surface area is 321 Å². The van der Waals surface area contributed by atoms with Gasteiger partial charge in [0.05, 0.1) is 0 Å². The van der Waals surface area contributed by atoms with Crippen LogP contribution in [-0.2, 0) is 9.53 Å². The lowest BCUT2D eigenvalue weighted by atomic mass is 9.47. The maximum atomic E-state index is 12.8. The summed E-state index contributed by atoms with van der Waals surface area (Å²) in [5.41, 5.74) is 2.40. The molecule has 3 saturated carbocycles. The second kappa shape index (κ2) is 21.5. The largest absolute Gasteiger partial charge is 0.462 e. The van der Waals surface area contributed by atoms with Crippen LogP contribution in [0.5, 0.6) is 0 Å². The van der Waals surface area contributed by atoms with E-state index in [1.807, 2.05) is 0 Å². The van der Waals surface area contributed by atoms with Gasteiger partial charge in [0.2, 0.25) is 0 Å². The molecule has 0 heterocycles. The highest BCUT2D eigenvalue weighted by Crippen LogP contribution is 2.67. The lowest BCUT2D eigenvalue weighted by Crippen LogP contribution is -2.51. The molecule has 9 atom stereocenters. The van der Waals surface area contributed by atoms with Gasteiger partial charge in [-0.15, -0.1) is 0 Å². The summed E-state index contributed by atoms with van der Waals surface area (Å²) >= 11 is 0. The molecule has 0 N–H and O–H groups in total. The van der Waals surface area contributed by atoms with Crippen molar-refractivity contribution >= 4 is 5.97 Å². The minimum Gasteiger partial charge on any atom is -0.462 e. The van der Waals surface area contributed by atoms with Crippen LogP contribution in [0.2, 0.25) is 0 Å². The highest BCUT2D eigenvalue weighted by atomic mass is 16.5. The zero-order valence-corrected chi connectivity index (χ0v) is 34.7. The van der Waals surface area contributed by atoms with Gasteiger partial charge < -0.3 is 4.74 Å². The number of hydrogen-bond acceptors (Lipinski definition) is 2. The van der Waals surface area contributed by atoms with Gasteiger partial charge in [-0.25, -0.2) is 0 Å². The van der Waals surface area contributed by atoms with Crippen LogP contribution in [0, 0.1) is 52.3 Å². The number of allylic oxidation sites excluding steroid dienone is 13. The highest BCUT2D eigenvalue weighted by Gasteiger charge is 2.59. The summed E-state index contributed by atoms with van der Waals surface area (Å²) in [6, 6.07) is 0. The summed E-state index contributed by atoms with van der Waals surface area (Å²) in [6.45, 7) is 17.0. The topological polar surface area (TPSA) is 26.3 Å². The van der Waals surface area contributed by atoms with Crippen molar-refractivity contribution in [2.24, 2.45) is 52.3 Å². The van der Waals surface area contributed by atoms with Gasteiger partial charge in [-0.05, 0) is 149 Å². The van der Waals surface area contributed by atoms with E-state index in [0.29, 0.717) is 35.0 Å². The molecule has 0 bridgehead atoms. The van der Waals surface area contributed by atoms with Crippen molar-refractivity contribution in [3.8, 4) is 0 Å². The fourth-order valence-electron chi connectivity index (χ4n) is 10.7. The first kappa shape index (κ1) is 42.4.